The predicted octanol–water partition coefficient (Wildman–Crippen LogP) is 0.178. The van der Waals surface area contributed by atoms with E-state index in [9.17, 15) is 9.59 Å². The van der Waals surface area contributed by atoms with Crippen LogP contribution >= 0.6 is 0 Å². The van der Waals surface area contributed by atoms with Gasteiger partial charge in [0.1, 0.15) is 11.6 Å². The van der Waals surface area contributed by atoms with Crippen LogP contribution in [0.3, 0.4) is 0 Å². The van der Waals surface area contributed by atoms with Crippen LogP contribution in [0.15, 0.2) is 12.5 Å². The predicted molar refractivity (Wildman–Crippen MR) is 72.4 cm³/mol. The second-order valence-corrected chi connectivity index (χ2v) is 5.38. The molecule has 1 rings (SSSR count). The Morgan fingerprint density at radius 1 is 1.55 bits per heavy atom. The Morgan fingerprint density at radius 3 is 2.65 bits per heavy atom. The number of carbonyl (C=O) groups is 2. The quantitative estimate of drug-likeness (QED) is 0.414. The van der Waals surface area contributed by atoms with E-state index < -0.39 is 23.6 Å². The lowest BCUT2D eigenvalue weighted by Crippen LogP contribution is -2.51. The summed E-state index contributed by atoms with van der Waals surface area (Å²) >= 11 is 0. The molecular formula is C12H21N5O3. The second kappa shape index (κ2) is 6.38. The van der Waals surface area contributed by atoms with E-state index in [1.807, 2.05) is 5.43 Å². The number of nitrogens with two attached hydrogens (primary N) is 1. The van der Waals surface area contributed by atoms with Gasteiger partial charge in [0.15, 0.2) is 0 Å². The molecular weight excluding hydrogens is 262 g/mol. The third-order valence-corrected chi connectivity index (χ3v) is 2.55. The third-order valence-electron chi connectivity index (χ3n) is 2.55. The first kappa shape index (κ1) is 16.0. The minimum atomic E-state index is -0.793. The Kier molecular flexibility index (Phi) is 5.09. The summed E-state index contributed by atoms with van der Waals surface area (Å²) in [5.41, 5.74) is 2.06. The first-order valence-electron chi connectivity index (χ1n) is 6.18. The van der Waals surface area contributed by atoms with Gasteiger partial charge in [-0.15, -0.1) is 0 Å². The van der Waals surface area contributed by atoms with Crippen molar-refractivity contribution in [2.24, 2.45) is 5.84 Å². The molecule has 0 fully saturated rings. The lowest BCUT2D eigenvalue weighted by molar-refractivity contribution is -0.126. The second-order valence-electron chi connectivity index (χ2n) is 5.38. The van der Waals surface area contributed by atoms with Crippen LogP contribution in [-0.4, -0.2) is 45.6 Å². The maximum absolute atomic E-state index is 12.0. The van der Waals surface area contributed by atoms with Gasteiger partial charge >= 0.3 is 6.09 Å². The van der Waals surface area contributed by atoms with Crippen molar-refractivity contribution >= 4 is 12.0 Å². The van der Waals surface area contributed by atoms with Crippen LogP contribution in [0.4, 0.5) is 4.79 Å². The largest absolute Gasteiger partial charge is 0.444 e. The topological polar surface area (TPSA) is 113 Å². The molecule has 1 atom stereocenters. The number of nitrogens with one attached hydrogen (secondary N) is 2. The standard InChI is InChI=1S/C12H21N5O3/c1-12(2,3)20-11(19)17(4)9(10(18)16-13)5-8-6-14-7-15-8/h6-7,9H,5,13H2,1-4H3,(H,14,15)(H,16,18)/t9-/m0/s1. The van der Waals surface area contributed by atoms with E-state index >= 15 is 0 Å². The van der Waals surface area contributed by atoms with E-state index in [1.54, 1.807) is 27.0 Å². The summed E-state index contributed by atoms with van der Waals surface area (Å²) in [5.74, 6) is 4.68. The van der Waals surface area contributed by atoms with Gasteiger partial charge in [0.25, 0.3) is 5.91 Å². The lowest BCUT2D eigenvalue weighted by Gasteiger charge is -2.29. The molecule has 0 bridgehead atoms. The van der Waals surface area contributed by atoms with Gasteiger partial charge in [-0.1, -0.05) is 0 Å². The van der Waals surface area contributed by atoms with Crippen molar-refractivity contribution in [3.63, 3.8) is 0 Å². The van der Waals surface area contributed by atoms with Gasteiger partial charge in [0.05, 0.1) is 12.0 Å². The molecule has 8 heteroatoms. The molecule has 112 valence electrons. The molecule has 20 heavy (non-hydrogen) atoms. The average molecular weight is 283 g/mol. The molecule has 0 aliphatic heterocycles. The summed E-state index contributed by atoms with van der Waals surface area (Å²) in [6.07, 6.45) is 2.80. The smallest absolute Gasteiger partial charge is 0.410 e. The van der Waals surface area contributed by atoms with Gasteiger partial charge < -0.3 is 9.72 Å². The molecule has 0 saturated heterocycles. The van der Waals surface area contributed by atoms with Crippen LogP contribution in [0.2, 0.25) is 0 Å². The number of imidazole rings is 1. The number of H-pyrrole nitrogens is 1. The minimum Gasteiger partial charge on any atom is -0.444 e. The summed E-state index contributed by atoms with van der Waals surface area (Å²) in [5, 5.41) is 0. The Bertz CT molecular complexity index is 452. The summed E-state index contributed by atoms with van der Waals surface area (Å²) in [6, 6.07) is -0.793. The number of aromatic amines is 1. The van der Waals surface area contributed by atoms with Crippen LogP contribution in [0.1, 0.15) is 26.5 Å². The highest BCUT2D eigenvalue weighted by molar-refractivity contribution is 5.85. The van der Waals surface area contributed by atoms with Gasteiger partial charge in [-0.2, -0.15) is 0 Å². The van der Waals surface area contributed by atoms with Crippen molar-refractivity contribution in [2.75, 3.05) is 7.05 Å². The zero-order valence-electron chi connectivity index (χ0n) is 12.1. The number of hydrogen-bond donors (Lipinski definition) is 3. The summed E-state index contributed by atoms with van der Waals surface area (Å²) < 4.78 is 5.23. The van der Waals surface area contributed by atoms with Gasteiger partial charge in [-0.05, 0) is 20.8 Å². The molecule has 1 aromatic heterocycles. The van der Waals surface area contributed by atoms with Gasteiger partial charge in [0.2, 0.25) is 0 Å². The maximum atomic E-state index is 12.0. The minimum absolute atomic E-state index is 0.238. The number of nitrogens with zero attached hydrogens (tertiary/aromatic N) is 2. The molecule has 0 aliphatic rings. The van der Waals surface area contributed by atoms with Crippen molar-refractivity contribution in [3.8, 4) is 0 Å². The zero-order chi connectivity index (χ0) is 15.3. The van der Waals surface area contributed by atoms with Gasteiger partial charge in [-0.25, -0.2) is 15.6 Å². The number of likely N-dealkylation sites (N-methyl/N-ethyl adjacent to an activating group) is 1. The van der Waals surface area contributed by atoms with Crippen LogP contribution in [0.5, 0.6) is 0 Å². The fourth-order valence-electron chi connectivity index (χ4n) is 1.56. The van der Waals surface area contributed by atoms with Crippen LogP contribution in [0.25, 0.3) is 0 Å². The molecule has 0 aromatic carbocycles. The third kappa shape index (κ3) is 4.54. The van der Waals surface area contributed by atoms with E-state index in [1.165, 1.54) is 18.3 Å². The highest BCUT2D eigenvalue weighted by atomic mass is 16.6. The van der Waals surface area contributed by atoms with E-state index in [-0.39, 0.29) is 6.42 Å². The Labute approximate surface area is 117 Å². The van der Waals surface area contributed by atoms with Crippen LogP contribution in [-0.2, 0) is 16.0 Å². The van der Waals surface area contributed by atoms with Crippen LogP contribution < -0.4 is 11.3 Å². The highest BCUT2D eigenvalue weighted by Crippen LogP contribution is 2.12. The Balaban J connectivity index is 2.82. The van der Waals surface area contributed by atoms with E-state index in [4.69, 9.17) is 10.6 Å². The SMILES string of the molecule is CN(C(=O)OC(C)(C)C)[C@@H](Cc1c[nH]cn1)C(=O)NN. The molecule has 0 radical (unpaired) electrons. The average Bonchev–Trinajstić information content (AvgIpc) is 2.85. The Morgan fingerprint density at radius 2 is 2.20 bits per heavy atom. The van der Waals surface area contributed by atoms with Gasteiger partial charge in [-0.3, -0.25) is 15.1 Å². The molecule has 0 unspecified atom stereocenters. The molecule has 2 amide bonds. The fourth-order valence-corrected chi connectivity index (χ4v) is 1.56. The summed E-state index contributed by atoms with van der Waals surface area (Å²) in [6.45, 7) is 5.26. The molecule has 1 aromatic rings. The maximum Gasteiger partial charge on any atom is 0.410 e. The zero-order valence-corrected chi connectivity index (χ0v) is 12.1. The van der Waals surface area contributed by atoms with E-state index in [0.29, 0.717) is 5.69 Å². The van der Waals surface area contributed by atoms with Crippen LogP contribution in [0, 0.1) is 0 Å². The number of ether oxygens (including phenoxy) is 1. The van der Waals surface area contributed by atoms with Gasteiger partial charge in [0, 0.05) is 19.7 Å². The van der Waals surface area contributed by atoms with Crippen molar-refractivity contribution < 1.29 is 14.3 Å². The monoisotopic (exact) mass is 283 g/mol. The van der Waals surface area contributed by atoms with Crippen molar-refractivity contribution in [3.05, 3.63) is 18.2 Å². The molecule has 4 N–H and O–H groups in total. The lowest BCUT2D eigenvalue weighted by atomic mass is 10.1. The first-order chi connectivity index (χ1) is 9.24. The summed E-state index contributed by atoms with van der Waals surface area (Å²) in [7, 11) is 1.49. The number of carbonyl (C=O) groups excluding carboxylic acids is 2. The van der Waals surface area contributed by atoms with E-state index in [2.05, 4.69) is 9.97 Å². The molecule has 0 spiro atoms. The molecule has 0 aliphatic carbocycles. The first-order valence-corrected chi connectivity index (χ1v) is 6.18. The number of amides is 2. The number of aromatic nitrogens is 2. The number of rotatable bonds is 4. The van der Waals surface area contributed by atoms with Crippen molar-refractivity contribution in [1.29, 1.82) is 0 Å². The highest BCUT2D eigenvalue weighted by Gasteiger charge is 2.30. The number of hydrogen-bond acceptors (Lipinski definition) is 5. The molecule has 1 heterocycles. The fraction of sp³-hybridized carbons (Fsp3) is 0.583. The molecule has 8 nitrogen and oxygen atoms in total. The van der Waals surface area contributed by atoms with E-state index in [0.717, 1.165) is 0 Å². The van der Waals surface area contributed by atoms with Crippen molar-refractivity contribution in [1.82, 2.24) is 20.3 Å². The number of hydrazine groups is 1. The summed E-state index contributed by atoms with van der Waals surface area (Å²) in [4.78, 5) is 31.9. The Hall–Kier alpha value is -2.09. The molecule has 0 saturated carbocycles. The normalized spacial score (nSPS) is 12.7. The van der Waals surface area contributed by atoms with Crippen molar-refractivity contribution in [2.45, 2.75) is 38.8 Å².